The number of nitrogens with one attached hydrogen (secondary N) is 3. The van der Waals surface area contributed by atoms with Crippen molar-refractivity contribution in [1.29, 1.82) is 0 Å². The van der Waals surface area contributed by atoms with Crippen LogP contribution in [0.3, 0.4) is 0 Å². The SMILES string of the molecule is CC1=C(c2ccc([C@H](C)NC(=O)[C@@H]3C[C@@H](O)CN3C(=O)[C@@H](NC(=O)CCCCN=[N+]=[N-])C(C)(C)C)cc2)SCN1. The van der Waals surface area contributed by atoms with Crippen molar-refractivity contribution in [1.82, 2.24) is 20.9 Å². The minimum atomic E-state index is -0.872. The van der Waals surface area contributed by atoms with E-state index in [0.29, 0.717) is 19.4 Å². The summed E-state index contributed by atoms with van der Waals surface area (Å²) in [4.78, 5) is 45.0. The number of thioether (sulfide) groups is 1. The molecule has 0 aliphatic carbocycles. The van der Waals surface area contributed by atoms with Crippen molar-refractivity contribution in [2.75, 3.05) is 19.0 Å². The molecule has 3 amide bonds. The Balaban J connectivity index is 1.66. The number of carbonyl (C=O) groups excluding carboxylic acids is 3. The third-order valence-corrected chi connectivity index (χ3v) is 8.30. The van der Waals surface area contributed by atoms with Crippen LogP contribution < -0.4 is 16.0 Å². The molecule has 4 atom stereocenters. The fourth-order valence-electron chi connectivity index (χ4n) is 4.89. The summed E-state index contributed by atoms with van der Waals surface area (Å²) in [5, 5.41) is 23.1. The number of unbranched alkanes of at least 4 members (excludes halogenated alkanes) is 1. The number of aliphatic hydroxyl groups excluding tert-OH is 1. The highest BCUT2D eigenvalue weighted by atomic mass is 32.2. The summed E-state index contributed by atoms with van der Waals surface area (Å²) in [5.41, 5.74) is 11.0. The molecule has 2 aliphatic heterocycles. The van der Waals surface area contributed by atoms with Crippen LogP contribution in [0.5, 0.6) is 0 Å². The van der Waals surface area contributed by atoms with Gasteiger partial charge in [0.25, 0.3) is 0 Å². The molecule has 11 nitrogen and oxygen atoms in total. The van der Waals surface area contributed by atoms with Crippen molar-refractivity contribution in [2.45, 2.75) is 84.5 Å². The zero-order chi connectivity index (χ0) is 29.4. The first kappa shape index (κ1) is 31.3. The molecule has 40 heavy (non-hydrogen) atoms. The topological polar surface area (TPSA) is 160 Å². The molecule has 2 aliphatic rings. The molecule has 218 valence electrons. The maximum atomic E-state index is 13.7. The number of benzene rings is 1. The second kappa shape index (κ2) is 13.9. The van der Waals surface area contributed by atoms with Crippen molar-refractivity contribution in [3.05, 3.63) is 51.5 Å². The molecule has 0 bridgehead atoms. The van der Waals surface area contributed by atoms with Gasteiger partial charge in [0.1, 0.15) is 12.1 Å². The predicted octanol–water partition coefficient (Wildman–Crippen LogP) is 3.82. The number of amides is 3. The van der Waals surface area contributed by atoms with Gasteiger partial charge in [0.15, 0.2) is 0 Å². The zero-order valence-electron chi connectivity index (χ0n) is 23.9. The summed E-state index contributed by atoms with van der Waals surface area (Å²) in [7, 11) is 0. The Hall–Kier alpha value is -3.21. The van der Waals surface area contributed by atoms with Gasteiger partial charge in [-0.15, -0.1) is 11.8 Å². The monoisotopic (exact) mass is 571 g/mol. The smallest absolute Gasteiger partial charge is 0.246 e. The van der Waals surface area contributed by atoms with Crippen LogP contribution in [0.1, 0.15) is 77.5 Å². The van der Waals surface area contributed by atoms with E-state index < -0.39 is 29.5 Å². The molecule has 1 aromatic rings. The first-order valence-electron chi connectivity index (χ1n) is 13.7. The first-order valence-corrected chi connectivity index (χ1v) is 14.7. The highest BCUT2D eigenvalue weighted by Crippen LogP contribution is 2.34. The lowest BCUT2D eigenvalue weighted by molar-refractivity contribution is -0.144. The molecule has 3 rings (SSSR count). The largest absolute Gasteiger partial charge is 0.391 e. The van der Waals surface area contributed by atoms with Gasteiger partial charge in [-0.1, -0.05) is 50.2 Å². The van der Waals surface area contributed by atoms with Crippen molar-refractivity contribution in [3.63, 3.8) is 0 Å². The lowest BCUT2D eigenvalue weighted by atomic mass is 9.85. The molecule has 4 N–H and O–H groups in total. The van der Waals surface area contributed by atoms with Crippen LogP contribution in [-0.2, 0) is 14.4 Å². The Morgan fingerprint density at radius 2 is 1.93 bits per heavy atom. The van der Waals surface area contributed by atoms with Crippen LogP contribution in [0.4, 0.5) is 0 Å². The van der Waals surface area contributed by atoms with E-state index in [1.54, 1.807) is 11.8 Å². The van der Waals surface area contributed by atoms with Gasteiger partial charge < -0.3 is 26.0 Å². The van der Waals surface area contributed by atoms with Gasteiger partial charge in [-0.05, 0) is 48.8 Å². The molecular formula is C28H41N7O4S. The van der Waals surface area contributed by atoms with E-state index in [1.807, 2.05) is 52.0 Å². The van der Waals surface area contributed by atoms with Crippen LogP contribution in [0.25, 0.3) is 15.3 Å². The third-order valence-electron chi connectivity index (χ3n) is 7.18. The molecule has 0 radical (unpaired) electrons. The lowest BCUT2D eigenvalue weighted by Gasteiger charge is -2.35. The van der Waals surface area contributed by atoms with Crippen LogP contribution in [0.15, 0.2) is 35.1 Å². The number of allylic oxidation sites excluding steroid dienone is 1. The van der Waals surface area contributed by atoms with Crippen molar-refractivity contribution < 1.29 is 19.5 Å². The summed E-state index contributed by atoms with van der Waals surface area (Å²) < 4.78 is 0. The van der Waals surface area contributed by atoms with Crippen molar-refractivity contribution in [2.24, 2.45) is 10.5 Å². The number of rotatable bonds is 11. The Morgan fingerprint density at radius 3 is 2.52 bits per heavy atom. The van der Waals surface area contributed by atoms with Crippen molar-refractivity contribution in [3.8, 4) is 0 Å². The number of β-amino-alcohol motifs (C(OH)–C–C–N with tert-alkyl or cyclic N) is 1. The second-order valence-electron chi connectivity index (χ2n) is 11.4. The quantitative estimate of drug-likeness (QED) is 0.137. The molecule has 12 heteroatoms. The first-order chi connectivity index (χ1) is 18.9. The van der Waals surface area contributed by atoms with E-state index in [2.05, 4.69) is 32.9 Å². The molecule has 0 saturated carbocycles. The van der Waals surface area contributed by atoms with Crippen molar-refractivity contribution >= 4 is 34.4 Å². The normalized spacial score (nSPS) is 20.4. The minimum Gasteiger partial charge on any atom is -0.391 e. The molecule has 0 unspecified atom stereocenters. The van der Waals surface area contributed by atoms with Gasteiger partial charge in [0, 0.05) is 41.4 Å². The van der Waals surface area contributed by atoms with Gasteiger partial charge in [-0.25, -0.2) is 0 Å². The van der Waals surface area contributed by atoms with E-state index >= 15 is 0 Å². The van der Waals surface area contributed by atoms with Gasteiger partial charge in [0.05, 0.1) is 18.0 Å². The number of hydrogen-bond donors (Lipinski definition) is 4. The standard InChI is InChI=1S/C28H41N7O4S/c1-17(19-9-11-20(12-10-19)24-18(2)30-16-40-24)32-26(38)22-14-21(36)15-35(22)27(39)25(28(3,4)5)33-23(37)8-6-7-13-31-34-29/h9-12,17,21-22,25,30,36H,6-8,13-16H2,1-5H3,(H,32,38)(H,33,37)/t17-,21+,22-,25+/m0/s1. The number of carbonyl (C=O) groups is 3. The number of nitrogens with zero attached hydrogens (tertiary/aromatic N) is 4. The van der Waals surface area contributed by atoms with E-state index in [4.69, 9.17) is 5.53 Å². The van der Waals surface area contributed by atoms with Gasteiger partial charge >= 0.3 is 0 Å². The summed E-state index contributed by atoms with van der Waals surface area (Å²) in [6, 6.07) is 6.04. The van der Waals surface area contributed by atoms with Gasteiger partial charge in [-0.3, -0.25) is 14.4 Å². The molecule has 1 fully saturated rings. The van der Waals surface area contributed by atoms with Gasteiger partial charge in [0.2, 0.25) is 17.7 Å². The molecule has 0 aromatic heterocycles. The Labute approximate surface area is 240 Å². The summed E-state index contributed by atoms with van der Waals surface area (Å²) in [6.07, 6.45) is 0.580. The molecule has 0 spiro atoms. The van der Waals surface area contributed by atoms with Gasteiger partial charge in [-0.2, -0.15) is 0 Å². The lowest BCUT2D eigenvalue weighted by Crippen LogP contribution is -2.57. The highest BCUT2D eigenvalue weighted by molar-refractivity contribution is 8.08. The molecule has 1 aromatic carbocycles. The number of azide groups is 1. The average molecular weight is 572 g/mol. The predicted molar refractivity (Wildman–Crippen MR) is 157 cm³/mol. The van der Waals surface area contributed by atoms with Crippen LogP contribution in [-0.4, -0.2) is 64.9 Å². The highest BCUT2D eigenvalue weighted by Gasteiger charge is 2.44. The van der Waals surface area contributed by atoms with E-state index in [1.165, 1.54) is 9.81 Å². The van der Waals surface area contributed by atoms with Crippen LogP contribution in [0, 0.1) is 5.41 Å². The molecule has 2 heterocycles. The molecular weight excluding hydrogens is 530 g/mol. The van der Waals surface area contributed by atoms with E-state index in [0.717, 1.165) is 22.7 Å². The number of likely N-dealkylation sites (tertiary alicyclic amines) is 1. The number of hydrogen-bond acceptors (Lipinski definition) is 7. The fraction of sp³-hybridized carbons (Fsp3) is 0.607. The van der Waals surface area contributed by atoms with E-state index in [9.17, 15) is 19.5 Å². The maximum Gasteiger partial charge on any atom is 0.246 e. The third kappa shape index (κ3) is 8.16. The van der Waals surface area contributed by atoms with Crippen LogP contribution >= 0.6 is 11.8 Å². The van der Waals surface area contributed by atoms with Crippen LogP contribution in [0.2, 0.25) is 0 Å². The Kier molecular flexibility index (Phi) is 10.9. The minimum absolute atomic E-state index is 0.0226. The maximum absolute atomic E-state index is 13.7. The van der Waals surface area contributed by atoms with E-state index in [-0.39, 0.29) is 37.2 Å². The zero-order valence-corrected chi connectivity index (χ0v) is 24.8. The summed E-state index contributed by atoms with van der Waals surface area (Å²) in [5.74, 6) is -0.163. The molecule has 1 saturated heterocycles. The summed E-state index contributed by atoms with van der Waals surface area (Å²) in [6.45, 7) is 9.83. The Bertz CT molecular complexity index is 1160. The summed E-state index contributed by atoms with van der Waals surface area (Å²) >= 11 is 1.76. The Morgan fingerprint density at radius 1 is 1.23 bits per heavy atom. The fourth-order valence-corrected chi connectivity index (χ4v) is 5.91. The average Bonchev–Trinajstić information content (AvgIpc) is 3.51. The second-order valence-corrected chi connectivity index (χ2v) is 12.4. The number of aliphatic hydroxyl groups is 1.